The van der Waals surface area contributed by atoms with Gasteiger partial charge in [-0.2, -0.15) is 9.97 Å². The van der Waals surface area contributed by atoms with E-state index in [1.54, 1.807) is 20.8 Å². The van der Waals surface area contributed by atoms with Crippen molar-refractivity contribution in [2.45, 2.75) is 89.7 Å². The number of carbonyl (C=O) groups is 2. The number of aromatic nitrogens is 4. The van der Waals surface area contributed by atoms with Crippen LogP contribution in [0.1, 0.15) is 54.2 Å². The predicted octanol–water partition coefficient (Wildman–Crippen LogP) is 0.839. The Bertz CT molecular complexity index is 1400. The second kappa shape index (κ2) is 12.2. The molecule has 0 amide bonds. The summed E-state index contributed by atoms with van der Waals surface area (Å²) < 4.78 is 47.9. The fourth-order valence-corrected chi connectivity index (χ4v) is 6.63. The molecular formula is C25H39N6O11P. The standard InChI is InChI=1S/C25H39N6O11P/c1-8-38-15(32)10-39-43(36,30-14(9-12(2)3)21(33)40-13(4)5)42-18-17-25(18,35)24(6,34)22(41-17)31-11-27-16-19(31)28-23(26)29-20(16)37-7/h11-14,17-18,22,34-35H,8-10H2,1-7H3,(H,30,36)(H2,26,28,29)/t14-,17+,18?,22+,24-,25-,43?/m0/s1. The zero-order valence-corrected chi connectivity index (χ0v) is 25.9. The van der Waals surface area contributed by atoms with E-state index in [1.165, 1.54) is 24.9 Å². The van der Waals surface area contributed by atoms with Gasteiger partial charge in [0.05, 0.1) is 26.1 Å². The number of methoxy groups -OCH3 is 1. The average molecular weight is 631 g/mol. The lowest BCUT2D eigenvalue weighted by Gasteiger charge is -2.34. The van der Waals surface area contributed by atoms with Gasteiger partial charge in [-0.05, 0) is 40.0 Å². The van der Waals surface area contributed by atoms with Gasteiger partial charge in [-0.25, -0.2) is 19.4 Å². The molecule has 5 N–H and O–H groups in total. The zero-order chi connectivity index (χ0) is 31.9. The van der Waals surface area contributed by atoms with E-state index in [-0.39, 0.29) is 41.9 Å². The number of nitrogens with zero attached hydrogens (tertiary/aromatic N) is 4. The Hall–Kier alpha value is -2.92. The fraction of sp³-hybridized carbons (Fsp3) is 0.720. The molecule has 0 aromatic carbocycles. The van der Waals surface area contributed by atoms with Gasteiger partial charge in [0.25, 0.3) is 0 Å². The molecule has 18 heteroatoms. The van der Waals surface area contributed by atoms with Crippen molar-refractivity contribution in [1.82, 2.24) is 24.6 Å². The van der Waals surface area contributed by atoms with Gasteiger partial charge in [0.1, 0.15) is 23.9 Å². The van der Waals surface area contributed by atoms with Gasteiger partial charge in [0.15, 0.2) is 29.6 Å². The normalized spacial score (nSPS) is 28.5. The van der Waals surface area contributed by atoms with Crippen LogP contribution in [0.2, 0.25) is 0 Å². The van der Waals surface area contributed by atoms with Crippen LogP contribution in [0.25, 0.3) is 11.2 Å². The molecular weight excluding hydrogens is 591 g/mol. The van der Waals surface area contributed by atoms with Gasteiger partial charge in [-0.1, -0.05) is 13.8 Å². The number of hydrogen-bond acceptors (Lipinski definition) is 15. The molecule has 0 spiro atoms. The highest BCUT2D eigenvalue weighted by Gasteiger charge is 2.84. The first kappa shape index (κ1) is 33.0. The minimum Gasteiger partial charge on any atom is -0.479 e. The second-order valence-corrected chi connectivity index (χ2v) is 12.9. The van der Waals surface area contributed by atoms with Crippen molar-refractivity contribution in [2.24, 2.45) is 5.92 Å². The lowest BCUT2D eigenvalue weighted by molar-refractivity contribution is -0.156. The number of esters is 2. The molecule has 7 atom stereocenters. The van der Waals surface area contributed by atoms with Crippen LogP contribution < -0.4 is 15.6 Å². The number of anilines is 1. The smallest absolute Gasteiger partial charge is 0.407 e. The summed E-state index contributed by atoms with van der Waals surface area (Å²) in [6.07, 6.45) is -2.82. The maximum Gasteiger partial charge on any atom is 0.407 e. The molecule has 2 aromatic rings. The van der Waals surface area contributed by atoms with E-state index in [0.717, 1.165) is 0 Å². The van der Waals surface area contributed by atoms with Gasteiger partial charge in [0, 0.05) is 0 Å². The minimum atomic E-state index is -4.56. The molecule has 2 aromatic heterocycles. The summed E-state index contributed by atoms with van der Waals surface area (Å²) in [5, 5.41) is 25.7. The number of ether oxygens (including phenoxy) is 4. The Morgan fingerprint density at radius 3 is 2.51 bits per heavy atom. The highest BCUT2D eigenvalue weighted by atomic mass is 31.2. The summed E-state index contributed by atoms with van der Waals surface area (Å²) in [5.41, 5.74) is 2.04. The number of carbonyl (C=O) groups excluding carboxylic acids is 2. The molecule has 1 saturated carbocycles. The summed E-state index contributed by atoms with van der Waals surface area (Å²) in [5.74, 6) is -1.62. The maximum atomic E-state index is 14.1. The van der Waals surface area contributed by atoms with E-state index in [1.807, 2.05) is 13.8 Å². The van der Waals surface area contributed by atoms with Crippen molar-refractivity contribution in [2.75, 3.05) is 26.1 Å². The number of fused-ring (bicyclic) bond motifs is 2. The summed E-state index contributed by atoms with van der Waals surface area (Å²) in [4.78, 5) is 37.3. The first-order valence-electron chi connectivity index (χ1n) is 13.8. The highest BCUT2D eigenvalue weighted by Crippen LogP contribution is 2.65. The molecule has 0 bridgehead atoms. The number of imidazole rings is 1. The summed E-state index contributed by atoms with van der Waals surface area (Å²) in [6.45, 7) is 9.16. The molecule has 2 fully saturated rings. The summed E-state index contributed by atoms with van der Waals surface area (Å²) in [6, 6.07) is -1.16. The third-order valence-electron chi connectivity index (χ3n) is 7.02. The maximum absolute atomic E-state index is 14.1. The molecule has 17 nitrogen and oxygen atoms in total. The molecule has 0 radical (unpaired) electrons. The van der Waals surface area contributed by atoms with Crippen LogP contribution in [-0.4, -0.2) is 97.6 Å². The van der Waals surface area contributed by atoms with E-state index in [2.05, 4.69) is 20.0 Å². The Kier molecular flexibility index (Phi) is 9.38. The fourth-order valence-electron chi connectivity index (χ4n) is 4.99. The quantitative estimate of drug-likeness (QED) is 0.167. The molecule has 1 saturated heterocycles. The van der Waals surface area contributed by atoms with Crippen LogP contribution in [0.3, 0.4) is 0 Å². The van der Waals surface area contributed by atoms with E-state index < -0.39 is 68.1 Å². The number of nitrogens with two attached hydrogens (primary N) is 1. The molecule has 1 aliphatic carbocycles. The molecule has 2 aliphatic rings. The minimum absolute atomic E-state index is 0.0470. The predicted molar refractivity (Wildman–Crippen MR) is 148 cm³/mol. The second-order valence-electron chi connectivity index (χ2n) is 11.2. The average Bonchev–Trinajstić information content (AvgIpc) is 3.16. The van der Waals surface area contributed by atoms with Gasteiger partial charge in [-0.15, -0.1) is 0 Å². The monoisotopic (exact) mass is 630 g/mol. The Morgan fingerprint density at radius 2 is 1.95 bits per heavy atom. The van der Waals surface area contributed by atoms with Crippen LogP contribution in [0.5, 0.6) is 5.88 Å². The molecule has 240 valence electrons. The first-order chi connectivity index (χ1) is 20.1. The Labute approximate surface area is 247 Å². The highest BCUT2D eigenvalue weighted by molar-refractivity contribution is 7.51. The first-order valence-corrected chi connectivity index (χ1v) is 15.3. The van der Waals surface area contributed by atoms with Crippen LogP contribution >= 0.6 is 7.75 Å². The van der Waals surface area contributed by atoms with Crippen molar-refractivity contribution >= 4 is 36.8 Å². The third-order valence-corrected chi connectivity index (χ3v) is 8.62. The van der Waals surface area contributed by atoms with E-state index >= 15 is 0 Å². The lowest BCUT2D eigenvalue weighted by Crippen LogP contribution is -2.49. The van der Waals surface area contributed by atoms with Gasteiger partial charge in [0.2, 0.25) is 11.8 Å². The number of nitrogen functional groups attached to an aromatic ring is 1. The van der Waals surface area contributed by atoms with Crippen LogP contribution in [0.4, 0.5) is 5.95 Å². The number of hydrogen-bond donors (Lipinski definition) is 4. The lowest BCUT2D eigenvalue weighted by atomic mass is 9.95. The van der Waals surface area contributed by atoms with Crippen molar-refractivity contribution in [1.29, 1.82) is 0 Å². The number of rotatable bonds is 14. The largest absolute Gasteiger partial charge is 0.479 e. The number of nitrogens with one attached hydrogen (secondary N) is 1. The van der Waals surface area contributed by atoms with E-state index in [9.17, 15) is 24.4 Å². The Balaban J connectivity index is 1.60. The molecule has 3 heterocycles. The van der Waals surface area contributed by atoms with E-state index in [4.69, 9.17) is 33.7 Å². The SMILES string of the molecule is CCOC(=O)COP(=O)(N[C@@H](CC(C)C)C(=O)OC(C)C)OC1[C@H]2O[C@@H](n3cnc4c(OC)nc(N)nc43)[C@](C)(O)[C@@]12O. The summed E-state index contributed by atoms with van der Waals surface area (Å²) >= 11 is 0. The van der Waals surface area contributed by atoms with Crippen LogP contribution in [0.15, 0.2) is 6.33 Å². The topological polar surface area (TPSA) is 229 Å². The van der Waals surface area contributed by atoms with Crippen LogP contribution in [-0.2, 0) is 37.4 Å². The van der Waals surface area contributed by atoms with Crippen molar-refractivity contribution < 1.29 is 52.4 Å². The van der Waals surface area contributed by atoms with Gasteiger partial charge < -0.3 is 34.9 Å². The van der Waals surface area contributed by atoms with Crippen molar-refractivity contribution in [3.8, 4) is 5.88 Å². The molecule has 1 aliphatic heterocycles. The molecule has 4 rings (SSSR count). The molecule has 43 heavy (non-hydrogen) atoms. The Morgan fingerprint density at radius 1 is 1.26 bits per heavy atom. The zero-order valence-electron chi connectivity index (χ0n) is 25.0. The third kappa shape index (κ3) is 6.34. The number of aliphatic hydroxyl groups is 2. The molecule has 2 unspecified atom stereocenters. The summed E-state index contributed by atoms with van der Waals surface area (Å²) in [7, 11) is -3.18. The van der Waals surface area contributed by atoms with Crippen molar-refractivity contribution in [3.63, 3.8) is 0 Å². The van der Waals surface area contributed by atoms with Crippen molar-refractivity contribution in [3.05, 3.63) is 6.33 Å². The van der Waals surface area contributed by atoms with Gasteiger partial charge >= 0.3 is 19.7 Å². The van der Waals surface area contributed by atoms with E-state index in [0.29, 0.717) is 0 Å². The van der Waals surface area contributed by atoms with Crippen LogP contribution in [0, 0.1) is 5.92 Å². The van der Waals surface area contributed by atoms with Gasteiger partial charge in [-0.3, -0.25) is 18.4 Å².